The average Bonchev–Trinajstić information content (AvgIpc) is 2.85. The van der Waals surface area contributed by atoms with E-state index >= 15 is 0 Å². The van der Waals surface area contributed by atoms with Gasteiger partial charge in [0.1, 0.15) is 0 Å². The third kappa shape index (κ3) is 4.61. The second-order valence-electron chi connectivity index (χ2n) is 6.06. The van der Waals surface area contributed by atoms with Crippen LogP contribution in [0.2, 0.25) is 0 Å². The SMILES string of the molecule is COc1cc(CNC[C@H]2CCCN2C)ccc1OC(C)C. The summed E-state index contributed by atoms with van der Waals surface area (Å²) in [4.78, 5) is 2.44. The average molecular weight is 292 g/mol. The molecule has 0 aromatic heterocycles. The van der Waals surface area contributed by atoms with E-state index in [0.29, 0.717) is 6.04 Å². The summed E-state index contributed by atoms with van der Waals surface area (Å²) in [6.45, 7) is 7.17. The van der Waals surface area contributed by atoms with Crippen LogP contribution in [-0.4, -0.2) is 44.3 Å². The lowest BCUT2D eigenvalue weighted by Crippen LogP contribution is -2.35. The number of hydrogen-bond acceptors (Lipinski definition) is 4. The van der Waals surface area contributed by atoms with Gasteiger partial charge in [-0.25, -0.2) is 0 Å². The Kier molecular flexibility index (Phi) is 5.88. The molecule has 21 heavy (non-hydrogen) atoms. The van der Waals surface area contributed by atoms with Crippen LogP contribution in [0.4, 0.5) is 0 Å². The molecule has 1 aromatic carbocycles. The fourth-order valence-corrected chi connectivity index (χ4v) is 2.79. The van der Waals surface area contributed by atoms with Gasteiger partial charge in [0.25, 0.3) is 0 Å². The van der Waals surface area contributed by atoms with Gasteiger partial charge >= 0.3 is 0 Å². The van der Waals surface area contributed by atoms with Gasteiger partial charge in [0.15, 0.2) is 11.5 Å². The Morgan fingerprint density at radius 3 is 2.76 bits per heavy atom. The summed E-state index contributed by atoms with van der Waals surface area (Å²) in [5, 5.41) is 3.55. The first-order valence-corrected chi connectivity index (χ1v) is 7.84. The molecule has 1 aliphatic rings. The zero-order valence-corrected chi connectivity index (χ0v) is 13.7. The molecule has 4 nitrogen and oxygen atoms in total. The molecule has 0 unspecified atom stereocenters. The van der Waals surface area contributed by atoms with Gasteiger partial charge < -0.3 is 19.7 Å². The molecule has 1 aromatic rings. The monoisotopic (exact) mass is 292 g/mol. The molecule has 0 bridgehead atoms. The molecule has 0 amide bonds. The predicted octanol–water partition coefficient (Wildman–Crippen LogP) is 2.67. The zero-order valence-electron chi connectivity index (χ0n) is 13.7. The van der Waals surface area contributed by atoms with E-state index < -0.39 is 0 Å². The molecule has 1 heterocycles. The van der Waals surface area contributed by atoms with Crippen LogP contribution in [0.15, 0.2) is 18.2 Å². The molecule has 118 valence electrons. The maximum absolute atomic E-state index is 5.74. The van der Waals surface area contributed by atoms with E-state index in [9.17, 15) is 0 Å². The van der Waals surface area contributed by atoms with Gasteiger partial charge in [-0.1, -0.05) is 6.07 Å². The maximum atomic E-state index is 5.74. The lowest BCUT2D eigenvalue weighted by atomic mass is 10.2. The van der Waals surface area contributed by atoms with E-state index in [1.807, 2.05) is 19.9 Å². The molecule has 0 aliphatic carbocycles. The van der Waals surface area contributed by atoms with Crippen LogP contribution < -0.4 is 14.8 Å². The highest BCUT2D eigenvalue weighted by atomic mass is 16.5. The van der Waals surface area contributed by atoms with E-state index in [4.69, 9.17) is 9.47 Å². The molecule has 0 radical (unpaired) electrons. The third-order valence-electron chi connectivity index (χ3n) is 3.97. The van der Waals surface area contributed by atoms with Crippen LogP contribution in [-0.2, 0) is 6.54 Å². The van der Waals surface area contributed by atoms with Crippen molar-refractivity contribution in [1.82, 2.24) is 10.2 Å². The molecule has 2 rings (SSSR count). The normalized spacial score (nSPS) is 19.2. The minimum absolute atomic E-state index is 0.153. The van der Waals surface area contributed by atoms with Crippen LogP contribution in [0.25, 0.3) is 0 Å². The lowest BCUT2D eigenvalue weighted by molar-refractivity contribution is 0.230. The summed E-state index contributed by atoms with van der Waals surface area (Å²) in [7, 11) is 3.90. The van der Waals surface area contributed by atoms with Crippen molar-refractivity contribution < 1.29 is 9.47 Å². The number of methoxy groups -OCH3 is 1. The Balaban J connectivity index is 1.88. The summed E-state index contributed by atoms with van der Waals surface area (Å²) in [5.74, 6) is 1.62. The second kappa shape index (κ2) is 7.66. The predicted molar refractivity (Wildman–Crippen MR) is 86.1 cm³/mol. The number of nitrogens with zero attached hydrogens (tertiary/aromatic N) is 1. The van der Waals surface area contributed by atoms with Crippen molar-refractivity contribution in [3.63, 3.8) is 0 Å². The van der Waals surface area contributed by atoms with Gasteiger partial charge in [0, 0.05) is 19.1 Å². The molecule has 1 N–H and O–H groups in total. The number of hydrogen-bond donors (Lipinski definition) is 1. The molecule has 1 saturated heterocycles. The first kappa shape index (κ1) is 16.1. The van der Waals surface area contributed by atoms with Crippen molar-refractivity contribution in [1.29, 1.82) is 0 Å². The van der Waals surface area contributed by atoms with E-state index in [1.54, 1.807) is 7.11 Å². The molecule has 1 atom stereocenters. The summed E-state index contributed by atoms with van der Waals surface area (Å²) in [6.07, 6.45) is 2.77. The van der Waals surface area contributed by atoms with Crippen molar-refractivity contribution in [3.05, 3.63) is 23.8 Å². The van der Waals surface area contributed by atoms with Gasteiger partial charge in [-0.15, -0.1) is 0 Å². The Bertz CT molecular complexity index is 448. The van der Waals surface area contributed by atoms with Crippen molar-refractivity contribution in [2.24, 2.45) is 0 Å². The maximum Gasteiger partial charge on any atom is 0.161 e. The van der Waals surface area contributed by atoms with Crippen LogP contribution in [0, 0.1) is 0 Å². The molecule has 0 spiro atoms. The Labute approximate surface area is 128 Å². The summed E-state index contributed by atoms with van der Waals surface area (Å²) in [6, 6.07) is 6.84. The van der Waals surface area contributed by atoms with Crippen molar-refractivity contribution in [3.8, 4) is 11.5 Å². The third-order valence-corrected chi connectivity index (χ3v) is 3.97. The number of nitrogens with one attached hydrogen (secondary N) is 1. The number of likely N-dealkylation sites (tertiary alicyclic amines) is 1. The number of rotatable bonds is 7. The van der Waals surface area contributed by atoms with Crippen LogP contribution in [0.5, 0.6) is 11.5 Å². The highest BCUT2D eigenvalue weighted by molar-refractivity contribution is 5.43. The van der Waals surface area contributed by atoms with E-state index in [1.165, 1.54) is 24.9 Å². The Morgan fingerprint density at radius 2 is 2.14 bits per heavy atom. The minimum Gasteiger partial charge on any atom is -0.493 e. The molecule has 1 aliphatic heterocycles. The van der Waals surface area contributed by atoms with Crippen molar-refractivity contribution in [2.75, 3.05) is 27.2 Å². The largest absolute Gasteiger partial charge is 0.493 e. The molecular weight excluding hydrogens is 264 g/mol. The topological polar surface area (TPSA) is 33.7 Å². The molecule has 1 fully saturated rings. The fourth-order valence-electron chi connectivity index (χ4n) is 2.79. The van der Waals surface area contributed by atoms with E-state index in [-0.39, 0.29) is 6.10 Å². The van der Waals surface area contributed by atoms with Gasteiger partial charge in [-0.05, 0) is 58.0 Å². The molecular formula is C17H28N2O2. The summed E-state index contributed by atoms with van der Waals surface area (Å²) in [5.41, 5.74) is 1.23. The van der Waals surface area contributed by atoms with Crippen molar-refractivity contribution in [2.45, 2.75) is 45.4 Å². The van der Waals surface area contributed by atoms with Gasteiger partial charge in [0.2, 0.25) is 0 Å². The van der Waals surface area contributed by atoms with Crippen molar-refractivity contribution >= 4 is 0 Å². The minimum atomic E-state index is 0.153. The standard InChI is InChI=1S/C17H28N2O2/c1-13(2)21-16-8-7-14(10-17(16)20-4)11-18-12-15-6-5-9-19(15)3/h7-8,10,13,15,18H,5-6,9,11-12H2,1-4H3/t15-/m1/s1. The quantitative estimate of drug-likeness (QED) is 0.838. The molecule has 4 heteroatoms. The van der Waals surface area contributed by atoms with Gasteiger partial charge in [-0.3, -0.25) is 0 Å². The second-order valence-corrected chi connectivity index (χ2v) is 6.06. The van der Waals surface area contributed by atoms with E-state index in [0.717, 1.165) is 24.6 Å². The Morgan fingerprint density at radius 1 is 1.33 bits per heavy atom. The summed E-state index contributed by atoms with van der Waals surface area (Å²) >= 11 is 0. The Hall–Kier alpha value is -1.26. The smallest absolute Gasteiger partial charge is 0.161 e. The molecule has 0 saturated carbocycles. The van der Waals surface area contributed by atoms with Gasteiger partial charge in [0.05, 0.1) is 13.2 Å². The number of likely N-dealkylation sites (N-methyl/N-ethyl adjacent to an activating group) is 1. The fraction of sp³-hybridized carbons (Fsp3) is 0.647. The zero-order chi connectivity index (χ0) is 15.2. The first-order chi connectivity index (χ1) is 10.1. The van der Waals surface area contributed by atoms with Gasteiger partial charge in [-0.2, -0.15) is 0 Å². The van der Waals surface area contributed by atoms with E-state index in [2.05, 4.69) is 29.4 Å². The lowest BCUT2D eigenvalue weighted by Gasteiger charge is -2.20. The first-order valence-electron chi connectivity index (χ1n) is 7.84. The highest BCUT2D eigenvalue weighted by Crippen LogP contribution is 2.29. The van der Waals surface area contributed by atoms with Crippen LogP contribution >= 0.6 is 0 Å². The van der Waals surface area contributed by atoms with Crippen LogP contribution in [0.1, 0.15) is 32.3 Å². The number of benzene rings is 1. The number of ether oxygens (including phenoxy) is 2. The summed E-state index contributed by atoms with van der Waals surface area (Å²) < 4.78 is 11.2. The highest BCUT2D eigenvalue weighted by Gasteiger charge is 2.19. The van der Waals surface area contributed by atoms with Crippen LogP contribution in [0.3, 0.4) is 0 Å².